The monoisotopic (exact) mass is 258 g/mol. The summed E-state index contributed by atoms with van der Waals surface area (Å²) >= 11 is 1.62. The van der Waals surface area contributed by atoms with Crippen molar-refractivity contribution < 1.29 is 12.8 Å². The van der Waals surface area contributed by atoms with E-state index >= 15 is 0 Å². The molecule has 0 radical (unpaired) electrons. The molecule has 86 valence electrons. The highest BCUT2D eigenvalue weighted by atomic mass is 32.2. The van der Waals surface area contributed by atoms with Gasteiger partial charge in [-0.3, -0.25) is 0 Å². The highest BCUT2D eigenvalue weighted by Crippen LogP contribution is 2.35. The molecule has 5 heteroatoms. The van der Waals surface area contributed by atoms with Crippen molar-refractivity contribution in [1.29, 1.82) is 0 Å². The molecule has 0 N–H and O–H groups in total. The van der Waals surface area contributed by atoms with E-state index in [0.29, 0.717) is 16.9 Å². The standard InChI is InChI=1S/C11H11FO2S2/c1-2-15-6-8-7-16(13,14)11-4-3-9(12)5-10(8)11/h3-5,7H,2,6H2,1H3. The molecule has 0 spiro atoms. The van der Waals surface area contributed by atoms with Crippen LogP contribution in [0.25, 0.3) is 5.57 Å². The zero-order valence-electron chi connectivity index (χ0n) is 8.73. The Kier molecular flexibility index (Phi) is 3.08. The fourth-order valence-electron chi connectivity index (χ4n) is 1.64. The lowest BCUT2D eigenvalue weighted by molar-refractivity contribution is 0.604. The van der Waals surface area contributed by atoms with Gasteiger partial charge in [0.05, 0.1) is 4.90 Å². The highest BCUT2D eigenvalue weighted by Gasteiger charge is 2.26. The first-order chi connectivity index (χ1) is 7.54. The molecule has 0 fully saturated rings. The van der Waals surface area contributed by atoms with Crippen LogP contribution in [0, 0.1) is 5.82 Å². The summed E-state index contributed by atoms with van der Waals surface area (Å²) in [5, 5.41) is 1.25. The van der Waals surface area contributed by atoms with Gasteiger partial charge in [0.25, 0.3) is 0 Å². The van der Waals surface area contributed by atoms with Crippen LogP contribution in [-0.4, -0.2) is 19.9 Å². The Bertz CT molecular complexity index is 547. The summed E-state index contributed by atoms with van der Waals surface area (Å²) in [6, 6.07) is 3.81. The van der Waals surface area contributed by atoms with Crippen LogP contribution in [0.5, 0.6) is 0 Å². The van der Waals surface area contributed by atoms with E-state index < -0.39 is 15.7 Å². The molecule has 0 atom stereocenters. The average Bonchev–Trinajstić information content (AvgIpc) is 2.47. The number of rotatable bonds is 3. The molecule has 0 bridgehead atoms. The lowest BCUT2D eigenvalue weighted by atomic mass is 10.1. The van der Waals surface area contributed by atoms with E-state index in [4.69, 9.17) is 0 Å². The molecule has 1 aliphatic rings. The summed E-state index contributed by atoms with van der Waals surface area (Å²) in [5.41, 5.74) is 1.21. The van der Waals surface area contributed by atoms with Gasteiger partial charge in [-0.1, -0.05) is 6.92 Å². The molecule has 0 aromatic heterocycles. The molecule has 2 rings (SSSR count). The summed E-state index contributed by atoms with van der Waals surface area (Å²) in [6.07, 6.45) is 0. The molecule has 2 nitrogen and oxygen atoms in total. The van der Waals surface area contributed by atoms with Crippen LogP contribution in [0.15, 0.2) is 28.5 Å². The number of hydrogen-bond acceptors (Lipinski definition) is 3. The van der Waals surface area contributed by atoms with Crippen LogP contribution in [0.1, 0.15) is 12.5 Å². The zero-order valence-corrected chi connectivity index (χ0v) is 10.4. The third-order valence-corrected chi connectivity index (χ3v) is 4.84. The maximum Gasteiger partial charge on any atom is 0.200 e. The van der Waals surface area contributed by atoms with Crippen molar-refractivity contribution in [3.05, 3.63) is 35.0 Å². The smallest absolute Gasteiger partial charge is 0.200 e. The summed E-state index contributed by atoms with van der Waals surface area (Å²) in [4.78, 5) is 0.223. The maximum atomic E-state index is 13.1. The first-order valence-electron chi connectivity index (χ1n) is 4.88. The molecule has 1 heterocycles. The average molecular weight is 258 g/mol. The Hall–Kier alpha value is -0.810. The van der Waals surface area contributed by atoms with E-state index in [1.807, 2.05) is 6.92 Å². The number of benzene rings is 1. The Labute approximate surface area is 98.5 Å². The first-order valence-corrected chi connectivity index (χ1v) is 7.58. The van der Waals surface area contributed by atoms with Crippen LogP contribution in [0.4, 0.5) is 4.39 Å². The first kappa shape index (κ1) is 11.7. The van der Waals surface area contributed by atoms with E-state index in [1.54, 1.807) is 11.8 Å². The van der Waals surface area contributed by atoms with Gasteiger partial charge >= 0.3 is 0 Å². The van der Waals surface area contributed by atoms with Crippen LogP contribution >= 0.6 is 11.8 Å². The van der Waals surface area contributed by atoms with Gasteiger partial charge in [0.1, 0.15) is 5.82 Å². The van der Waals surface area contributed by atoms with Crippen molar-refractivity contribution >= 4 is 27.2 Å². The van der Waals surface area contributed by atoms with Crippen LogP contribution < -0.4 is 0 Å². The second-order valence-corrected chi connectivity index (χ2v) is 6.51. The zero-order chi connectivity index (χ0) is 11.8. The number of sulfone groups is 1. The van der Waals surface area contributed by atoms with Gasteiger partial charge in [0.2, 0.25) is 9.84 Å². The van der Waals surface area contributed by atoms with E-state index in [2.05, 4.69) is 0 Å². The molecular formula is C11H11FO2S2. The van der Waals surface area contributed by atoms with Gasteiger partial charge in [-0.25, -0.2) is 12.8 Å². The van der Waals surface area contributed by atoms with E-state index in [9.17, 15) is 12.8 Å². The molecule has 0 saturated carbocycles. The summed E-state index contributed by atoms with van der Waals surface area (Å²) < 4.78 is 36.5. The van der Waals surface area contributed by atoms with Crippen molar-refractivity contribution in [1.82, 2.24) is 0 Å². The number of fused-ring (bicyclic) bond motifs is 1. The Morgan fingerprint density at radius 1 is 1.38 bits per heavy atom. The van der Waals surface area contributed by atoms with Crippen molar-refractivity contribution in [2.45, 2.75) is 11.8 Å². The predicted molar refractivity (Wildman–Crippen MR) is 64.6 cm³/mol. The van der Waals surface area contributed by atoms with Crippen molar-refractivity contribution in [3.63, 3.8) is 0 Å². The predicted octanol–water partition coefficient (Wildman–Crippen LogP) is 2.71. The van der Waals surface area contributed by atoms with Gasteiger partial charge < -0.3 is 0 Å². The van der Waals surface area contributed by atoms with Crippen molar-refractivity contribution in [2.75, 3.05) is 11.5 Å². The summed E-state index contributed by atoms with van der Waals surface area (Å²) in [5.74, 6) is 1.11. The fraction of sp³-hybridized carbons (Fsp3) is 0.273. The molecule has 16 heavy (non-hydrogen) atoms. The number of hydrogen-bond donors (Lipinski definition) is 0. The molecule has 1 aromatic rings. The Balaban J connectivity index is 2.49. The second-order valence-electron chi connectivity index (χ2n) is 3.47. The molecular weight excluding hydrogens is 247 g/mol. The van der Waals surface area contributed by atoms with Crippen LogP contribution in [-0.2, 0) is 9.84 Å². The van der Waals surface area contributed by atoms with E-state index in [1.165, 1.54) is 23.6 Å². The van der Waals surface area contributed by atoms with Gasteiger partial charge in [-0.2, -0.15) is 11.8 Å². The number of thioether (sulfide) groups is 1. The molecule has 0 aliphatic carbocycles. The van der Waals surface area contributed by atoms with Crippen molar-refractivity contribution in [3.8, 4) is 0 Å². The highest BCUT2D eigenvalue weighted by molar-refractivity contribution is 8.00. The minimum absolute atomic E-state index is 0.223. The molecule has 0 saturated heterocycles. The Morgan fingerprint density at radius 2 is 2.12 bits per heavy atom. The quantitative estimate of drug-likeness (QED) is 0.782. The Morgan fingerprint density at radius 3 is 2.81 bits per heavy atom. The van der Waals surface area contributed by atoms with Crippen LogP contribution in [0.2, 0.25) is 0 Å². The topological polar surface area (TPSA) is 34.1 Å². The second kappa shape index (κ2) is 4.22. The number of halogens is 1. The minimum atomic E-state index is -3.34. The summed E-state index contributed by atoms with van der Waals surface area (Å²) in [6.45, 7) is 2.00. The van der Waals surface area contributed by atoms with E-state index in [-0.39, 0.29) is 4.90 Å². The normalized spacial score (nSPS) is 17.0. The SMILES string of the molecule is CCSCC1=CS(=O)(=O)c2ccc(F)cc21. The van der Waals surface area contributed by atoms with Gasteiger partial charge in [-0.15, -0.1) is 0 Å². The van der Waals surface area contributed by atoms with E-state index in [0.717, 1.165) is 5.75 Å². The largest absolute Gasteiger partial charge is 0.219 e. The molecule has 0 amide bonds. The van der Waals surface area contributed by atoms with Crippen LogP contribution in [0.3, 0.4) is 0 Å². The third kappa shape index (κ3) is 2.01. The van der Waals surface area contributed by atoms with Gasteiger partial charge in [-0.05, 0) is 29.5 Å². The van der Waals surface area contributed by atoms with Crippen molar-refractivity contribution in [2.24, 2.45) is 0 Å². The van der Waals surface area contributed by atoms with Gasteiger partial charge in [0, 0.05) is 16.7 Å². The molecule has 1 aliphatic heterocycles. The molecule has 1 aromatic carbocycles. The minimum Gasteiger partial charge on any atom is -0.219 e. The molecule has 0 unspecified atom stereocenters. The lowest BCUT2D eigenvalue weighted by Gasteiger charge is -2.03. The third-order valence-electron chi connectivity index (χ3n) is 2.35. The maximum absolute atomic E-state index is 13.1. The summed E-state index contributed by atoms with van der Waals surface area (Å²) in [7, 11) is -3.34. The van der Waals surface area contributed by atoms with Gasteiger partial charge in [0.15, 0.2) is 0 Å². The lowest BCUT2D eigenvalue weighted by Crippen LogP contribution is -1.93. The fourth-order valence-corrected chi connectivity index (χ4v) is 3.87.